The first kappa shape index (κ1) is 19.7. The number of pyridine rings is 1. The van der Waals surface area contributed by atoms with E-state index >= 15 is 0 Å². The summed E-state index contributed by atoms with van der Waals surface area (Å²) in [4.78, 5) is 24.8. The molecule has 1 aliphatic heterocycles. The maximum absolute atomic E-state index is 13.1. The molecule has 0 spiro atoms. The molecule has 5 rings (SSSR count). The van der Waals surface area contributed by atoms with Crippen molar-refractivity contribution in [3.8, 4) is 11.4 Å². The number of fused-ring (bicyclic) bond motifs is 2. The summed E-state index contributed by atoms with van der Waals surface area (Å²) in [6, 6.07) is 6.08. The molecule has 1 fully saturated rings. The lowest BCUT2D eigenvalue weighted by molar-refractivity contribution is 0.484. The Hall–Kier alpha value is -3.26. The Morgan fingerprint density at radius 1 is 1.13 bits per heavy atom. The minimum Gasteiger partial charge on any atom is -0.368 e. The Balaban J connectivity index is 1.62. The Morgan fingerprint density at radius 3 is 2.74 bits per heavy atom. The predicted octanol–water partition coefficient (Wildman–Crippen LogP) is 2.38. The molecule has 0 bridgehead atoms. The molecule has 1 aliphatic rings. The molecule has 4 aromatic heterocycles. The summed E-state index contributed by atoms with van der Waals surface area (Å²) >= 11 is 0. The highest BCUT2D eigenvalue weighted by Gasteiger charge is 2.18. The van der Waals surface area contributed by atoms with E-state index in [0.717, 1.165) is 54.2 Å². The van der Waals surface area contributed by atoms with Crippen molar-refractivity contribution >= 4 is 16.9 Å². The highest BCUT2D eigenvalue weighted by Crippen LogP contribution is 2.23. The highest BCUT2D eigenvalue weighted by atomic mass is 16.1. The highest BCUT2D eigenvalue weighted by molar-refractivity contribution is 5.67. The maximum Gasteiger partial charge on any atom is 0.258 e. The van der Waals surface area contributed by atoms with E-state index in [4.69, 9.17) is 4.98 Å². The van der Waals surface area contributed by atoms with E-state index in [1.807, 2.05) is 36.8 Å². The van der Waals surface area contributed by atoms with E-state index in [1.165, 1.54) is 0 Å². The van der Waals surface area contributed by atoms with Crippen molar-refractivity contribution in [2.75, 3.05) is 24.5 Å². The summed E-state index contributed by atoms with van der Waals surface area (Å²) in [6.07, 6.45) is 4.63. The molecule has 5 heterocycles. The average molecular weight is 418 g/mol. The number of anilines is 1. The normalized spacial score (nSPS) is 17.0. The second-order valence-corrected chi connectivity index (χ2v) is 8.40. The van der Waals surface area contributed by atoms with Crippen LogP contribution in [0.1, 0.15) is 30.8 Å². The molecule has 0 saturated carbocycles. The maximum atomic E-state index is 13.1. The topological polar surface area (TPSA) is 79.8 Å². The number of rotatable bonds is 3. The van der Waals surface area contributed by atoms with Gasteiger partial charge >= 0.3 is 0 Å². The van der Waals surface area contributed by atoms with Crippen LogP contribution in [-0.2, 0) is 6.42 Å². The van der Waals surface area contributed by atoms with Crippen LogP contribution in [0.15, 0.2) is 35.4 Å². The second-order valence-electron chi connectivity index (χ2n) is 8.40. The van der Waals surface area contributed by atoms with Crippen molar-refractivity contribution in [3.63, 3.8) is 0 Å². The minimum atomic E-state index is -0.102. The molecular formula is C23H27N7O. The third-order valence-corrected chi connectivity index (χ3v) is 5.91. The molecular weight excluding hydrogens is 390 g/mol. The number of hydrogen-bond donors (Lipinski definition) is 1. The van der Waals surface area contributed by atoms with Gasteiger partial charge in [-0.25, -0.2) is 9.50 Å². The van der Waals surface area contributed by atoms with E-state index in [9.17, 15) is 4.79 Å². The first-order chi connectivity index (χ1) is 14.9. The SMILES string of the molecule is CCc1nc(C)cn2nc(-c3cc(=O)n4cc(N5CCN[C@@H](C)C5)cc(C)c4n3)cc12. The van der Waals surface area contributed by atoms with Crippen molar-refractivity contribution in [1.29, 1.82) is 0 Å². The van der Waals surface area contributed by atoms with Crippen molar-refractivity contribution in [2.24, 2.45) is 0 Å². The lowest BCUT2D eigenvalue weighted by Crippen LogP contribution is -2.49. The van der Waals surface area contributed by atoms with Gasteiger partial charge in [-0.2, -0.15) is 5.10 Å². The number of aromatic nitrogens is 5. The van der Waals surface area contributed by atoms with Crippen LogP contribution >= 0.6 is 0 Å². The Kier molecular flexibility index (Phi) is 4.74. The third-order valence-electron chi connectivity index (χ3n) is 5.91. The summed E-state index contributed by atoms with van der Waals surface area (Å²) in [5, 5.41) is 8.14. The molecule has 0 unspecified atom stereocenters. The van der Waals surface area contributed by atoms with E-state index in [0.29, 0.717) is 23.1 Å². The molecule has 1 atom stereocenters. The minimum absolute atomic E-state index is 0.102. The molecule has 0 amide bonds. The molecule has 31 heavy (non-hydrogen) atoms. The number of hydrogen-bond acceptors (Lipinski definition) is 6. The summed E-state index contributed by atoms with van der Waals surface area (Å²) < 4.78 is 3.49. The second kappa shape index (κ2) is 7.46. The van der Waals surface area contributed by atoms with E-state index in [2.05, 4.69) is 40.2 Å². The van der Waals surface area contributed by atoms with Crippen LogP contribution in [0.2, 0.25) is 0 Å². The first-order valence-corrected chi connectivity index (χ1v) is 10.8. The molecule has 4 aromatic rings. The van der Waals surface area contributed by atoms with E-state index < -0.39 is 0 Å². The monoisotopic (exact) mass is 417 g/mol. The van der Waals surface area contributed by atoms with Crippen molar-refractivity contribution < 1.29 is 0 Å². The summed E-state index contributed by atoms with van der Waals surface area (Å²) in [5.41, 5.74) is 6.70. The van der Waals surface area contributed by atoms with Crippen LogP contribution < -0.4 is 15.8 Å². The average Bonchev–Trinajstić information content (AvgIpc) is 3.17. The fourth-order valence-corrected chi connectivity index (χ4v) is 4.39. The molecule has 160 valence electrons. The standard InChI is InChI=1S/C23H27N7O/c1-5-18-21-9-20(27-30(21)12-16(4)25-18)19-10-22(31)29-13-17(8-14(2)23(29)26-19)28-7-6-24-15(3)11-28/h8-10,12-13,15,24H,5-7,11H2,1-4H3/t15-/m0/s1. The molecule has 8 nitrogen and oxygen atoms in total. The van der Waals surface area contributed by atoms with Gasteiger partial charge in [-0.1, -0.05) is 6.92 Å². The Bertz CT molecular complexity index is 1350. The van der Waals surface area contributed by atoms with Crippen LogP contribution in [-0.4, -0.2) is 49.7 Å². The predicted molar refractivity (Wildman–Crippen MR) is 122 cm³/mol. The fraction of sp³-hybridized carbons (Fsp3) is 0.391. The van der Waals surface area contributed by atoms with Crippen molar-refractivity contribution in [3.05, 3.63) is 57.9 Å². The number of nitrogens with one attached hydrogen (secondary N) is 1. The molecule has 0 radical (unpaired) electrons. The molecule has 0 aromatic carbocycles. The summed E-state index contributed by atoms with van der Waals surface area (Å²) in [6.45, 7) is 11.0. The Morgan fingerprint density at radius 2 is 1.97 bits per heavy atom. The zero-order valence-electron chi connectivity index (χ0n) is 18.4. The van der Waals surface area contributed by atoms with Crippen LogP contribution in [0.5, 0.6) is 0 Å². The van der Waals surface area contributed by atoms with Gasteiger partial charge < -0.3 is 10.2 Å². The molecule has 1 saturated heterocycles. The van der Waals surface area contributed by atoms with Crippen molar-refractivity contribution in [1.82, 2.24) is 29.3 Å². The van der Waals surface area contributed by atoms with Crippen LogP contribution in [0.25, 0.3) is 22.6 Å². The smallest absolute Gasteiger partial charge is 0.258 e. The van der Waals surface area contributed by atoms with Gasteiger partial charge in [0.15, 0.2) is 0 Å². The fourth-order valence-electron chi connectivity index (χ4n) is 4.39. The van der Waals surface area contributed by atoms with E-state index in [-0.39, 0.29) is 5.56 Å². The zero-order valence-corrected chi connectivity index (χ0v) is 18.4. The summed E-state index contributed by atoms with van der Waals surface area (Å²) in [5.74, 6) is 0. The van der Waals surface area contributed by atoms with Gasteiger partial charge in [-0.3, -0.25) is 14.2 Å². The Labute approximate surface area is 180 Å². The zero-order chi connectivity index (χ0) is 21.7. The van der Waals surface area contributed by atoms with Gasteiger partial charge in [0.25, 0.3) is 5.56 Å². The van der Waals surface area contributed by atoms with Crippen LogP contribution in [0.4, 0.5) is 5.69 Å². The lowest BCUT2D eigenvalue weighted by atomic mass is 10.2. The van der Waals surface area contributed by atoms with Gasteiger partial charge in [0, 0.05) is 37.9 Å². The largest absolute Gasteiger partial charge is 0.368 e. The lowest BCUT2D eigenvalue weighted by Gasteiger charge is -2.33. The van der Waals surface area contributed by atoms with Gasteiger partial charge in [-0.15, -0.1) is 0 Å². The first-order valence-electron chi connectivity index (χ1n) is 10.8. The summed E-state index contributed by atoms with van der Waals surface area (Å²) in [7, 11) is 0. The molecule has 0 aliphatic carbocycles. The van der Waals surface area contributed by atoms with Gasteiger partial charge in [0.1, 0.15) is 11.3 Å². The third kappa shape index (κ3) is 3.46. The van der Waals surface area contributed by atoms with Crippen LogP contribution in [0.3, 0.4) is 0 Å². The van der Waals surface area contributed by atoms with Crippen LogP contribution in [0, 0.1) is 13.8 Å². The van der Waals surface area contributed by atoms with Crippen molar-refractivity contribution in [2.45, 2.75) is 40.2 Å². The quantitative estimate of drug-likeness (QED) is 0.551. The number of aryl methyl sites for hydroxylation is 3. The van der Waals surface area contributed by atoms with Gasteiger partial charge in [0.05, 0.1) is 34.5 Å². The molecule has 1 N–H and O–H groups in total. The number of nitrogens with zero attached hydrogens (tertiary/aromatic N) is 6. The van der Waals surface area contributed by atoms with E-state index in [1.54, 1.807) is 10.5 Å². The number of piperazine rings is 1. The van der Waals surface area contributed by atoms with Gasteiger partial charge in [0.2, 0.25) is 0 Å². The van der Waals surface area contributed by atoms with Gasteiger partial charge in [-0.05, 0) is 44.9 Å². The molecule has 8 heteroatoms.